The maximum atomic E-state index is 12.4. The molecule has 3 rings (SSSR count). The number of hydrogen-bond donors (Lipinski definition) is 3. The van der Waals surface area contributed by atoms with Crippen molar-refractivity contribution in [2.45, 2.75) is 56.6 Å². The lowest BCUT2D eigenvalue weighted by Gasteiger charge is -2.34. The Morgan fingerprint density at radius 3 is 2.21 bits per heavy atom. The van der Waals surface area contributed by atoms with Gasteiger partial charge in [-0.2, -0.15) is 0 Å². The van der Waals surface area contributed by atoms with E-state index in [-0.39, 0.29) is 29.8 Å². The number of nitrogens with one attached hydrogen (secondary N) is 3. The van der Waals surface area contributed by atoms with Crippen molar-refractivity contribution in [1.29, 1.82) is 0 Å². The average molecular weight is 547 g/mol. The van der Waals surface area contributed by atoms with Gasteiger partial charge in [0.15, 0.2) is 0 Å². The van der Waals surface area contributed by atoms with Crippen LogP contribution in [0.3, 0.4) is 0 Å². The third-order valence-corrected chi connectivity index (χ3v) is 6.84. The Bertz CT molecular complexity index is 1200. The summed E-state index contributed by atoms with van der Waals surface area (Å²) in [4.78, 5) is 44.8. The van der Waals surface area contributed by atoms with Gasteiger partial charge in [-0.3, -0.25) is 9.59 Å². The number of piperidine rings is 1. The summed E-state index contributed by atoms with van der Waals surface area (Å²) in [5.74, 6) is -1.20. The Morgan fingerprint density at radius 1 is 0.974 bits per heavy atom. The van der Waals surface area contributed by atoms with E-state index in [1.807, 2.05) is 32.9 Å². The van der Waals surface area contributed by atoms with Crippen LogP contribution in [0, 0.1) is 0 Å². The van der Waals surface area contributed by atoms with Gasteiger partial charge in [-0.1, -0.05) is 18.2 Å². The van der Waals surface area contributed by atoms with E-state index in [0.29, 0.717) is 5.56 Å². The van der Waals surface area contributed by atoms with Crippen molar-refractivity contribution in [3.05, 3.63) is 60.2 Å². The van der Waals surface area contributed by atoms with Crippen LogP contribution in [0.5, 0.6) is 0 Å². The van der Waals surface area contributed by atoms with Gasteiger partial charge in [0.25, 0.3) is 15.9 Å². The highest BCUT2D eigenvalue weighted by Crippen LogP contribution is 2.21. The van der Waals surface area contributed by atoms with Crippen molar-refractivity contribution < 1.29 is 32.4 Å². The summed E-state index contributed by atoms with van der Waals surface area (Å²) >= 11 is 0. The molecular weight excluding hydrogens is 512 g/mol. The number of ether oxygens (including phenoxy) is 1. The topological polar surface area (TPSA) is 143 Å². The number of nitrogens with zero attached hydrogens (tertiary/aromatic N) is 1. The van der Waals surface area contributed by atoms with Crippen LogP contribution < -0.4 is 20.4 Å². The number of rotatable bonds is 9. The zero-order chi connectivity index (χ0) is 27.8. The second kappa shape index (κ2) is 12.7. The summed E-state index contributed by atoms with van der Waals surface area (Å²) in [6.45, 7) is 6.96. The molecule has 1 saturated heterocycles. The third-order valence-electron chi connectivity index (χ3n) is 5.64. The molecule has 0 spiro atoms. The first-order chi connectivity index (χ1) is 17.9. The molecule has 1 aliphatic rings. The fourth-order valence-corrected chi connectivity index (χ4v) is 4.57. The molecule has 0 aliphatic carbocycles. The molecule has 206 valence electrons. The standard InChI is InChI=1S/C26H34N4O7S/c1-26(2,3)36-25(33)28-20-14-17-30(18-15-20)21-11-9-19(10-12-21)24(32)27-16-13-23(31)37-29-38(34,35)22-7-5-4-6-8-22/h4-12,20,29H,13-18H2,1-3H3,(H,27,32)(H,28,33). The number of benzene rings is 2. The molecule has 2 amide bonds. The molecular formula is C26H34N4O7S. The van der Waals surface area contributed by atoms with Gasteiger partial charge in [-0.05, 0) is 74.9 Å². The highest BCUT2D eigenvalue weighted by atomic mass is 32.2. The summed E-state index contributed by atoms with van der Waals surface area (Å²) in [5.41, 5.74) is 0.852. The van der Waals surface area contributed by atoms with E-state index in [2.05, 4.69) is 20.4 Å². The quantitative estimate of drug-likeness (QED) is 0.408. The molecule has 3 N–H and O–H groups in total. The van der Waals surface area contributed by atoms with Crippen molar-refractivity contribution >= 4 is 33.7 Å². The molecule has 2 aromatic rings. The van der Waals surface area contributed by atoms with E-state index in [4.69, 9.17) is 4.74 Å². The first kappa shape index (κ1) is 28.9. The molecule has 1 aliphatic heterocycles. The van der Waals surface area contributed by atoms with Crippen LogP contribution in [0.25, 0.3) is 0 Å². The summed E-state index contributed by atoms with van der Waals surface area (Å²) < 4.78 is 29.4. The number of carbonyl (C=O) groups excluding carboxylic acids is 3. The largest absolute Gasteiger partial charge is 0.444 e. The molecule has 0 bridgehead atoms. The molecule has 12 heteroatoms. The fourth-order valence-electron chi connectivity index (χ4n) is 3.76. The molecule has 0 saturated carbocycles. The molecule has 0 aromatic heterocycles. The van der Waals surface area contributed by atoms with Crippen LogP contribution in [0.4, 0.5) is 10.5 Å². The van der Waals surface area contributed by atoms with E-state index in [1.165, 1.54) is 12.1 Å². The van der Waals surface area contributed by atoms with Gasteiger partial charge >= 0.3 is 12.1 Å². The minimum absolute atomic E-state index is 0.0232. The van der Waals surface area contributed by atoms with Crippen molar-refractivity contribution in [3.63, 3.8) is 0 Å². The minimum atomic E-state index is -3.98. The highest BCUT2D eigenvalue weighted by molar-refractivity contribution is 7.89. The minimum Gasteiger partial charge on any atom is -0.444 e. The monoisotopic (exact) mass is 546 g/mol. The molecule has 0 radical (unpaired) electrons. The van der Waals surface area contributed by atoms with Crippen LogP contribution in [-0.4, -0.2) is 57.7 Å². The maximum Gasteiger partial charge on any atom is 0.407 e. The summed E-state index contributed by atoms with van der Waals surface area (Å²) in [6.07, 6.45) is 0.930. The number of amides is 2. The van der Waals surface area contributed by atoms with Crippen LogP contribution in [0.15, 0.2) is 59.5 Å². The Kier molecular flexibility index (Phi) is 9.70. The van der Waals surface area contributed by atoms with Crippen LogP contribution >= 0.6 is 0 Å². The maximum absolute atomic E-state index is 12.4. The van der Waals surface area contributed by atoms with Crippen molar-refractivity contribution in [2.75, 3.05) is 24.5 Å². The fraction of sp³-hybridized carbons (Fsp3) is 0.423. The first-order valence-electron chi connectivity index (χ1n) is 12.3. The normalized spacial score (nSPS) is 14.4. The van der Waals surface area contributed by atoms with Crippen LogP contribution in [-0.2, 0) is 24.4 Å². The number of carbonyl (C=O) groups is 3. The predicted octanol–water partition coefficient (Wildman–Crippen LogP) is 2.74. The van der Waals surface area contributed by atoms with Gasteiger partial charge in [-0.15, -0.1) is 0 Å². The Hall–Kier alpha value is -3.64. The molecule has 2 aromatic carbocycles. The molecule has 1 heterocycles. The van der Waals surface area contributed by atoms with E-state index < -0.39 is 27.7 Å². The lowest BCUT2D eigenvalue weighted by atomic mass is 10.0. The first-order valence-corrected chi connectivity index (χ1v) is 13.8. The average Bonchev–Trinajstić information content (AvgIpc) is 2.87. The van der Waals surface area contributed by atoms with Crippen LogP contribution in [0.2, 0.25) is 0 Å². The van der Waals surface area contributed by atoms with Gasteiger partial charge in [-0.25, -0.2) is 13.2 Å². The Labute approximate surface area is 222 Å². The molecule has 0 unspecified atom stereocenters. The molecule has 1 fully saturated rings. The second-order valence-corrected chi connectivity index (χ2v) is 11.5. The molecule has 11 nitrogen and oxygen atoms in total. The second-order valence-electron chi connectivity index (χ2n) is 9.83. The third kappa shape index (κ3) is 9.03. The van der Waals surface area contributed by atoms with Crippen molar-refractivity contribution in [2.24, 2.45) is 0 Å². The molecule has 0 atom stereocenters. The van der Waals surface area contributed by atoms with E-state index >= 15 is 0 Å². The Balaban J connectivity index is 1.38. The smallest absolute Gasteiger partial charge is 0.407 e. The van der Waals surface area contributed by atoms with E-state index in [1.54, 1.807) is 35.2 Å². The van der Waals surface area contributed by atoms with Gasteiger partial charge in [0.05, 0.1) is 11.3 Å². The predicted molar refractivity (Wildman–Crippen MR) is 141 cm³/mol. The summed E-state index contributed by atoms with van der Waals surface area (Å²) in [7, 11) is -3.98. The number of alkyl carbamates (subject to hydrolysis) is 1. The van der Waals surface area contributed by atoms with Crippen molar-refractivity contribution in [3.8, 4) is 0 Å². The summed E-state index contributed by atoms with van der Waals surface area (Å²) in [5, 5.41) is 5.53. The SMILES string of the molecule is CC(C)(C)OC(=O)NC1CCN(c2ccc(C(=O)NCCC(=O)ONS(=O)(=O)c3ccccc3)cc2)CC1. The van der Waals surface area contributed by atoms with Gasteiger partial charge in [0.1, 0.15) is 5.60 Å². The van der Waals surface area contributed by atoms with Gasteiger partial charge in [0.2, 0.25) is 0 Å². The zero-order valence-electron chi connectivity index (χ0n) is 21.7. The number of anilines is 1. The number of sulfonamides is 1. The lowest BCUT2D eigenvalue weighted by Crippen LogP contribution is -2.46. The Morgan fingerprint density at radius 2 is 1.61 bits per heavy atom. The molecule has 38 heavy (non-hydrogen) atoms. The van der Waals surface area contributed by atoms with Gasteiger partial charge in [0, 0.05) is 36.9 Å². The zero-order valence-corrected chi connectivity index (χ0v) is 22.5. The lowest BCUT2D eigenvalue weighted by molar-refractivity contribution is -0.146. The van der Waals surface area contributed by atoms with E-state index in [9.17, 15) is 22.8 Å². The van der Waals surface area contributed by atoms with E-state index in [0.717, 1.165) is 31.6 Å². The number of hydrogen-bond acceptors (Lipinski definition) is 8. The highest BCUT2D eigenvalue weighted by Gasteiger charge is 2.24. The van der Waals surface area contributed by atoms with Gasteiger partial charge < -0.3 is 25.1 Å². The summed E-state index contributed by atoms with van der Waals surface area (Å²) in [6, 6.07) is 14.6. The van der Waals surface area contributed by atoms with Crippen LogP contribution in [0.1, 0.15) is 50.4 Å². The van der Waals surface area contributed by atoms with Crippen molar-refractivity contribution in [1.82, 2.24) is 15.5 Å².